The van der Waals surface area contributed by atoms with Crippen molar-refractivity contribution >= 4 is 29.3 Å². The number of hydrogen-bond acceptors (Lipinski definition) is 7. The highest BCUT2D eigenvalue weighted by Crippen LogP contribution is 2.44. The zero-order valence-corrected chi connectivity index (χ0v) is 30.1. The normalized spacial score (nSPS) is 28.4. The second kappa shape index (κ2) is 17.5. The second-order valence-corrected chi connectivity index (χ2v) is 15.1. The predicted octanol–water partition coefficient (Wildman–Crippen LogP) is 4.94. The van der Waals surface area contributed by atoms with Crippen LogP contribution in [0.5, 0.6) is 0 Å². The SMILES string of the molecule is C[C@H]1CCCC/C=C/CCCC[C@@H](C(O)C(=O)CCC(=O)N[C@H](C(=O)N(C)C)c2ccccc2)CC(=O)[C@@H]2[C@H]3CC(C)(C)OC3CN2C1=O. The van der Waals surface area contributed by atoms with E-state index in [4.69, 9.17) is 4.74 Å². The van der Waals surface area contributed by atoms with Gasteiger partial charge in [-0.3, -0.25) is 24.0 Å². The molecule has 3 aliphatic heterocycles. The Labute approximate surface area is 292 Å². The van der Waals surface area contributed by atoms with Gasteiger partial charge in [0.1, 0.15) is 12.1 Å². The fourth-order valence-corrected chi connectivity index (χ4v) is 7.76. The van der Waals surface area contributed by atoms with Crippen molar-refractivity contribution in [3.8, 4) is 0 Å². The molecule has 3 aliphatic rings. The Balaban J connectivity index is 1.48. The molecule has 2 fully saturated rings. The molecule has 10 heteroatoms. The van der Waals surface area contributed by atoms with Crippen molar-refractivity contribution in [3.05, 3.63) is 48.0 Å². The molecular weight excluding hydrogens is 622 g/mol. The standard InChI is InChI=1S/C39H57N3O7/c1-26-17-13-10-8-6-7-9-11-14-20-28(23-31(44)35-29-24-39(2,3)49-32(29)25-42(35)37(26)47)36(46)30(43)21-22-33(45)40-34(38(48)41(4)5)27-18-15-12-16-19-27/h6-7,12,15-16,18-19,26,28-29,32,34-36,46H,8-11,13-14,17,20-25H2,1-5H3,(H,40,45)/b7-6+/t26-,28+,29-,32?,34-,35-,36?/m0/s1. The van der Waals surface area contributed by atoms with E-state index in [1.54, 1.807) is 43.3 Å². The Kier molecular flexibility index (Phi) is 13.7. The lowest BCUT2D eigenvalue weighted by Gasteiger charge is -2.32. The van der Waals surface area contributed by atoms with E-state index >= 15 is 0 Å². The molecule has 2 N–H and O–H groups in total. The van der Waals surface area contributed by atoms with Crippen LogP contribution < -0.4 is 5.32 Å². The summed E-state index contributed by atoms with van der Waals surface area (Å²) in [5.74, 6) is -2.45. The molecule has 10 nitrogen and oxygen atoms in total. The number of allylic oxidation sites excluding steroid dienone is 2. The van der Waals surface area contributed by atoms with Crippen LogP contribution in [0.2, 0.25) is 0 Å². The van der Waals surface area contributed by atoms with E-state index in [1.807, 2.05) is 26.8 Å². The molecule has 0 aromatic heterocycles. The van der Waals surface area contributed by atoms with E-state index < -0.39 is 41.4 Å². The van der Waals surface area contributed by atoms with E-state index in [-0.39, 0.29) is 54.8 Å². The molecule has 3 heterocycles. The predicted molar refractivity (Wildman–Crippen MR) is 187 cm³/mol. The lowest BCUT2D eigenvalue weighted by Crippen LogP contribution is -2.47. The van der Waals surface area contributed by atoms with Gasteiger partial charge in [-0.25, -0.2) is 0 Å². The van der Waals surface area contributed by atoms with Crippen molar-refractivity contribution < 1.29 is 33.8 Å². The van der Waals surface area contributed by atoms with Gasteiger partial charge < -0.3 is 25.0 Å². The monoisotopic (exact) mass is 679 g/mol. The molecule has 0 saturated carbocycles. The van der Waals surface area contributed by atoms with Crippen molar-refractivity contribution in [1.29, 1.82) is 0 Å². The molecular formula is C39H57N3O7. The number of likely N-dealkylation sites (N-methyl/N-ethyl adjacent to an activating group) is 1. The van der Waals surface area contributed by atoms with E-state index in [1.165, 1.54) is 4.90 Å². The van der Waals surface area contributed by atoms with Gasteiger partial charge in [0.2, 0.25) is 17.7 Å². The minimum Gasteiger partial charge on any atom is -0.385 e. The maximum absolute atomic E-state index is 14.2. The molecule has 1 aromatic carbocycles. The number of benzene rings is 1. The molecule has 3 amide bonds. The first-order valence-corrected chi connectivity index (χ1v) is 18.2. The number of hydrogen-bond donors (Lipinski definition) is 2. The topological polar surface area (TPSA) is 133 Å². The number of nitrogens with one attached hydrogen (secondary N) is 1. The zero-order valence-electron chi connectivity index (χ0n) is 30.1. The molecule has 270 valence electrons. The number of aliphatic hydroxyl groups is 1. The van der Waals surface area contributed by atoms with Gasteiger partial charge in [-0.05, 0) is 70.3 Å². The van der Waals surface area contributed by atoms with Gasteiger partial charge in [-0.15, -0.1) is 0 Å². The zero-order chi connectivity index (χ0) is 35.7. The number of ketones is 2. The van der Waals surface area contributed by atoms with Crippen LogP contribution in [-0.2, 0) is 28.7 Å². The Morgan fingerprint density at radius 2 is 1.65 bits per heavy atom. The van der Waals surface area contributed by atoms with E-state index in [0.717, 1.165) is 44.9 Å². The van der Waals surface area contributed by atoms with Crippen LogP contribution in [-0.4, -0.2) is 88.7 Å². The molecule has 0 aliphatic carbocycles. The first-order valence-electron chi connectivity index (χ1n) is 18.2. The first kappa shape index (κ1) is 38.4. The highest BCUT2D eigenvalue weighted by atomic mass is 16.5. The summed E-state index contributed by atoms with van der Waals surface area (Å²) in [5, 5.41) is 14.2. The Morgan fingerprint density at radius 3 is 2.31 bits per heavy atom. The molecule has 49 heavy (non-hydrogen) atoms. The third kappa shape index (κ3) is 10.3. The number of amides is 3. The molecule has 0 spiro atoms. The average molecular weight is 680 g/mol. The van der Waals surface area contributed by atoms with Crippen LogP contribution >= 0.6 is 0 Å². The molecule has 2 saturated heterocycles. The van der Waals surface area contributed by atoms with Crippen LogP contribution in [0.15, 0.2) is 42.5 Å². The van der Waals surface area contributed by atoms with Gasteiger partial charge in [-0.1, -0.05) is 62.2 Å². The summed E-state index contributed by atoms with van der Waals surface area (Å²) >= 11 is 0. The summed E-state index contributed by atoms with van der Waals surface area (Å²) in [7, 11) is 3.22. The highest BCUT2D eigenvalue weighted by molar-refractivity contribution is 5.93. The second-order valence-electron chi connectivity index (χ2n) is 15.1. The molecule has 0 radical (unpaired) electrons. The number of carbonyl (C=O) groups excluding carboxylic acids is 5. The Bertz CT molecular complexity index is 1340. The van der Waals surface area contributed by atoms with Gasteiger partial charge in [0.15, 0.2) is 11.6 Å². The average Bonchev–Trinajstić information content (AvgIpc) is 3.56. The summed E-state index contributed by atoms with van der Waals surface area (Å²) in [6, 6.07) is 7.35. The number of carbonyl (C=O) groups is 5. The summed E-state index contributed by atoms with van der Waals surface area (Å²) in [6.45, 7) is 6.33. The number of rotatable bonds is 8. The minimum absolute atomic E-state index is 0.0326. The van der Waals surface area contributed by atoms with E-state index in [9.17, 15) is 29.1 Å². The van der Waals surface area contributed by atoms with Crippen molar-refractivity contribution in [2.45, 2.75) is 128 Å². The maximum atomic E-state index is 14.2. The van der Waals surface area contributed by atoms with Gasteiger partial charge in [0.05, 0.1) is 17.7 Å². The fourth-order valence-electron chi connectivity index (χ4n) is 7.76. The summed E-state index contributed by atoms with van der Waals surface area (Å²) in [5.41, 5.74) is 0.228. The van der Waals surface area contributed by atoms with Crippen LogP contribution in [0.4, 0.5) is 0 Å². The van der Waals surface area contributed by atoms with E-state index in [2.05, 4.69) is 17.5 Å². The maximum Gasteiger partial charge on any atom is 0.249 e. The highest BCUT2D eigenvalue weighted by Gasteiger charge is 2.55. The van der Waals surface area contributed by atoms with Crippen molar-refractivity contribution in [1.82, 2.24) is 15.1 Å². The Morgan fingerprint density at radius 1 is 1.00 bits per heavy atom. The van der Waals surface area contributed by atoms with Gasteiger partial charge in [0, 0.05) is 51.7 Å². The first-order chi connectivity index (χ1) is 23.3. The Hall–Kier alpha value is -3.37. The minimum atomic E-state index is -1.43. The fraction of sp³-hybridized carbons (Fsp3) is 0.667. The lowest BCUT2D eigenvalue weighted by atomic mass is 9.82. The van der Waals surface area contributed by atoms with Crippen LogP contribution in [0, 0.1) is 17.8 Å². The molecule has 0 bridgehead atoms. The number of aliphatic hydroxyl groups excluding tert-OH is 1. The smallest absolute Gasteiger partial charge is 0.249 e. The van der Waals surface area contributed by atoms with Crippen molar-refractivity contribution in [3.63, 3.8) is 0 Å². The summed E-state index contributed by atoms with van der Waals surface area (Å²) in [4.78, 5) is 70.5. The number of nitrogens with zero attached hydrogens (tertiary/aromatic N) is 2. The number of ether oxygens (including phenoxy) is 1. The molecule has 7 atom stereocenters. The quantitative estimate of drug-likeness (QED) is 0.372. The van der Waals surface area contributed by atoms with Gasteiger partial charge >= 0.3 is 0 Å². The largest absolute Gasteiger partial charge is 0.385 e. The van der Waals surface area contributed by atoms with E-state index in [0.29, 0.717) is 24.9 Å². The molecule has 4 rings (SSSR count). The summed E-state index contributed by atoms with van der Waals surface area (Å²) < 4.78 is 6.31. The van der Waals surface area contributed by atoms with Crippen LogP contribution in [0.25, 0.3) is 0 Å². The third-order valence-corrected chi connectivity index (χ3v) is 10.4. The van der Waals surface area contributed by atoms with Gasteiger partial charge in [-0.2, -0.15) is 0 Å². The van der Waals surface area contributed by atoms with Crippen LogP contribution in [0.1, 0.15) is 109 Å². The molecule has 1 aromatic rings. The lowest BCUT2D eigenvalue weighted by molar-refractivity contribution is -0.143. The van der Waals surface area contributed by atoms with Crippen molar-refractivity contribution in [2.75, 3.05) is 20.6 Å². The number of fused-ring (bicyclic) bond motifs is 3. The number of Topliss-reactive ketones (excluding diaryl/α,β-unsaturated/α-hetero) is 2. The van der Waals surface area contributed by atoms with Gasteiger partial charge in [0.25, 0.3) is 0 Å². The molecule has 2 unspecified atom stereocenters. The summed E-state index contributed by atoms with van der Waals surface area (Å²) in [6.07, 6.45) is 9.47. The van der Waals surface area contributed by atoms with Crippen LogP contribution in [0.3, 0.4) is 0 Å². The van der Waals surface area contributed by atoms with Crippen molar-refractivity contribution in [2.24, 2.45) is 17.8 Å². The third-order valence-electron chi connectivity index (χ3n) is 10.4.